The number of rotatable bonds is 3. The number of hydrogen-bond acceptors (Lipinski definition) is 4. The topological polar surface area (TPSA) is 61.4 Å². The summed E-state index contributed by atoms with van der Waals surface area (Å²) in [5.41, 5.74) is 0. The van der Waals surface area contributed by atoms with Crippen LogP contribution in [0.15, 0.2) is 0 Å². The fraction of sp³-hybridized carbons (Fsp3) is 0.800. The second kappa shape index (κ2) is 4.28. The normalized spacial score (nSPS) is 32.3. The van der Waals surface area contributed by atoms with Gasteiger partial charge in [0, 0.05) is 6.54 Å². The standard InChI is InChI=1S/C10H17N3O2/c1-11-5-7-2-3-13(6-7)8-4-9(14)12-10(8)15/h7-8,11H,2-6H2,1H3,(H,12,14,15). The lowest BCUT2D eigenvalue weighted by Gasteiger charge is -2.20. The third-order valence-corrected chi connectivity index (χ3v) is 3.19. The van der Waals surface area contributed by atoms with E-state index in [9.17, 15) is 9.59 Å². The number of hydrogen-bond donors (Lipinski definition) is 2. The molecule has 0 aromatic rings. The van der Waals surface area contributed by atoms with E-state index in [0.29, 0.717) is 12.3 Å². The zero-order valence-corrected chi connectivity index (χ0v) is 8.95. The fourth-order valence-electron chi connectivity index (χ4n) is 2.44. The molecule has 2 heterocycles. The van der Waals surface area contributed by atoms with Crippen LogP contribution < -0.4 is 10.6 Å². The van der Waals surface area contributed by atoms with E-state index in [1.807, 2.05) is 7.05 Å². The summed E-state index contributed by atoms with van der Waals surface area (Å²) >= 11 is 0. The SMILES string of the molecule is CNCC1CCN(C2CC(=O)NC2=O)C1. The van der Waals surface area contributed by atoms with Gasteiger partial charge in [0.1, 0.15) is 0 Å². The van der Waals surface area contributed by atoms with Gasteiger partial charge in [0.2, 0.25) is 11.8 Å². The van der Waals surface area contributed by atoms with Gasteiger partial charge in [-0.3, -0.25) is 19.8 Å². The van der Waals surface area contributed by atoms with Crippen molar-refractivity contribution in [3.8, 4) is 0 Å². The molecule has 0 saturated carbocycles. The zero-order valence-electron chi connectivity index (χ0n) is 8.95. The van der Waals surface area contributed by atoms with E-state index >= 15 is 0 Å². The summed E-state index contributed by atoms with van der Waals surface area (Å²) in [5.74, 6) is 0.352. The molecule has 2 aliphatic rings. The highest BCUT2D eigenvalue weighted by atomic mass is 16.2. The molecule has 2 amide bonds. The highest BCUT2D eigenvalue weighted by Gasteiger charge is 2.38. The Morgan fingerprint density at radius 1 is 1.53 bits per heavy atom. The Morgan fingerprint density at radius 2 is 2.33 bits per heavy atom. The number of nitrogens with zero attached hydrogens (tertiary/aromatic N) is 1. The van der Waals surface area contributed by atoms with Crippen LogP contribution in [-0.4, -0.2) is 49.4 Å². The molecular weight excluding hydrogens is 194 g/mol. The Morgan fingerprint density at radius 3 is 2.93 bits per heavy atom. The van der Waals surface area contributed by atoms with Crippen LogP contribution in [0.2, 0.25) is 0 Å². The summed E-state index contributed by atoms with van der Waals surface area (Å²) in [5, 5.41) is 5.50. The van der Waals surface area contributed by atoms with Crippen molar-refractivity contribution < 1.29 is 9.59 Å². The number of amides is 2. The van der Waals surface area contributed by atoms with Crippen LogP contribution in [-0.2, 0) is 9.59 Å². The largest absolute Gasteiger partial charge is 0.319 e. The van der Waals surface area contributed by atoms with Crippen molar-refractivity contribution in [3.05, 3.63) is 0 Å². The van der Waals surface area contributed by atoms with Crippen LogP contribution in [0.1, 0.15) is 12.8 Å². The van der Waals surface area contributed by atoms with Crippen LogP contribution in [0.4, 0.5) is 0 Å². The minimum Gasteiger partial charge on any atom is -0.319 e. The van der Waals surface area contributed by atoms with Crippen molar-refractivity contribution in [1.82, 2.24) is 15.5 Å². The number of likely N-dealkylation sites (tertiary alicyclic amines) is 1. The van der Waals surface area contributed by atoms with E-state index in [1.165, 1.54) is 0 Å². The van der Waals surface area contributed by atoms with E-state index in [-0.39, 0.29) is 17.9 Å². The first-order valence-corrected chi connectivity index (χ1v) is 5.43. The van der Waals surface area contributed by atoms with Crippen molar-refractivity contribution in [1.29, 1.82) is 0 Å². The van der Waals surface area contributed by atoms with E-state index in [4.69, 9.17) is 0 Å². The highest BCUT2D eigenvalue weighted by molar-refractivity contribution is 6.05. The average molecular weight is 211 g/mol. The molecule has 0 spiro atoms. The van der Waals surface area contributed by atoms with E-state index in [2.05, 4.69) is 15.5 Å². The van der Waals surface area contributed by atoms with E-state index < -0.39 is 0 Å². The van der Waals surface area contributed by atoms with Gasteiger partial charge in [0.05, 0.1) is 12.5 Å². The fourth-order valence-corrected chi connectivity index (χ4v) is 2.44. The Bertz CT molecular complexity index is 280. The first-order valence-electron chi connectivity index (χ1n) is 5.43. The van der Waals surface area contributed by atoms with Crippen molar-refractivity contribution in [2.45, 2.75) is 18.9 Å². The minimum atomic E-state index is -0.209. The molecule has 2 aliphatic heterocycles. The molecule has 84 valence electrons. The van der Waals surface area contributed by atoms with Crippen LogP contribution in [0, 0.1) is 5.92 Å². The molecule has 0 radical (unpaired) electrons. The van der Waals surface area contributed by atoms with Gasteiger partial charge in [-0.2, -0.15) is 0 Å². The van der Waals surface area contributed by atoms with E-state index in [1.54, 1.807) is 0 Å². The van der Waals surface area contributed by atoms with Gasteiger partial charge in [-0.15, -0.1) is 0 Å². The maximum Gasteiger partial charge on any atom is 0.244 e. The number of imide groups is 1. The van der Waals surface area contributed by atoms with Crippen LogP contribution in [0.5, 0.6) is 0 Å². The first kappa shape index (κ1) is 10.6. The predicted molar refractivity (Wildman–Crippen MR) is 55.2 cm³/mol. The molecule has 15 heavy (non-hydrogen) atoms. The second-order valence-corrected chi connectivity index (χ2v) is 4.34. The average Bonchev–Trinajstić information content (AvgIpc) is 2.73. The summed E-state index contributed by atoms with van der Waals surface area (Å²) < 4.78 is 0. The lowest BCUT2D eigenvalue weighted by Crippen LogP contribution is -2.39. The quantitative estimate of drug-likeness (QED) is 0.584. The van der Waals surface area contributed by atoms with Gasteiger partial charge in [0.25, 0.3) is 0 Å². The Labute approximate surface area is 89.2 Å². The summed E-state index contributed by atoms with van der Waals surface area (Å²) in [6, 6.07) is -0.209. The van der Waals surface area contributed by atoms with Crippen LogP contribution in [0.25, 0.3) is 0 Å². The number of nitrogens with one attached hydrogen (secondary N) is 2. The molecule has 5 heteroatoms. The molecule has 2 atom stereocenters. The van der Waals surface area contributed by atoms with Crippen molar-refractivity contribution in [2.75, 3.05) is 26.7 Å². The predicted octanol–water partition coefficient (Wildman–Crippen LogP) is -1.06. The molecule has 2 N–H and O–H groups in total. The van der Waals surface area contributed by atoms with Crippen LogP contribution in [0.3, 0.4) is 0 Å². The Balaban J connectivity index is 1.90. The number of carbonyl (C=O) groups is 2. The smallest absolute Gasteiger partial charge is 0.244 e. The summed E-state index contributed by atoms with van der Waals surface area (Å²) in [6.07, 6.45) is 1.45. The summed E-state index contributed by atoms with van der Waals surface area (Å²) in [7, 11) is 1.94. The maximum atomic E-state index is 11.4. The van der Waals surface area contributed by atoms with Gasteiger partial charge in [-0.25, -0.2) is 0 Å². The Kier molecular flexibility index (Phi) is 3.02. The molecule has 2 saturated heterocycles. The van der Waals surface area contributed by atoms with Crippen molar-refractivity contribution in [3.63, 3.8) is 0 Å². The van der Waals surface area contributed by atoms with Gasteiger partial charge in [-0.1, -0.05) is 0 Å². The third-order valence-electron chi connectivity index (χ3n) is 3.19. The molecule has 0 aromatic carbocycles. The lowest BCUT2D eigenvalue weighted by molar-refractivity contribution is -0.126. The molecule has 0 aliphatic carbocycles. The highest BCUT2D eigenvalue weighted by Crippen LogP contribution is 2.21. The lowest BCUT2D eigenvalue weighted by atomic mass is 10.1. The molecule has 0 bridgehead atoms. The first-order chi connectivity index (χ1) is 7.20. The zero-order chi connectivity index (χ0) is 10.8. The van der Waals surface area contributed by atoms with Gasteiger partial charge < -0.3 is 5.32 Å². The van der Waals surface area contributed by atoms with E-state index in [0.717, 1.165) is 26.1 Å². The maximum absolute atomic E-state index is 11.4. The molecule has 2 unspecified atom stereocenters. The van der Waals surface area contributed by atoms with Gasteiger partial charge >= 0.3 is 0 Å². The molecule has 5 nitrogen and oxygen atoms in total. The molecule has 2 rings (SSSR count). The minimum absolute atomic E-state index is 0.120. The third kappa shape index (κ3) is 2.18. The van der Waals surface area contributed by atoms with Crippen molar-refractivity contribution >= 4 is 11.8 Å². The Hall–Kier alpha value is -0.940. The molecular formula is C10H17N3O2. The van der Waals surface area contributed by atoms with Crippen molar-refractivity contribution in [2.24, 2.45) is 5.92 Å². The number of carbonyl (C=O) groups excluding carboxylic acids is 2. The summed E-state index contributed by atoms with van der Waals surface area (Å²) in [4.78, 5) is 24.6. The van der Waals surface area contributed by atoms with Gasteiger partial charge in [-0.05, 0) is 32.5 Å². The second-order valence-electron chi connectivity index (χ2n) is 4.34. The molecule has 2 fully saturated rings. The monoisotopic (exact) mass is 211 g/mol. The van der Waals surface area contributed by atoms with Crippen LogP contribution >= 0.6 is 0 Å². The summed E-state index contributed by atoms with van der Waals surface area (Å²) in [6.45, 7) is 2.84. The molecule has 0 aromatic heterocycles. The van der Waals surface area contributed by atoms with Gasteiger partial charge in [0.15, 0.2) is 0 Å².